The first-order chi connectivity index (χ1) is 6.84. The highest BCUT2D eigenvalue weighted by atomic mass is 16.6. The molecule has 0 aromatic heterocycles. The van der Waals surface area contributed by atoms with Crippen LogP contribution in [0.25, 0.3) is 10.8 Å². The lowest BCUT2D eigenvalue weighted by atomic mass is 10.0. The molecule has 2 nitrogen and oxygen atoms in total. The monoisotopic (exact) mass is 186 g/mol. The van der Waals surface area contributed by atoms with Crippen LogP contribution < -0.4 is 0 Å². The third-order valence-electron chi connectivity index (χ3n) is 2.67. The molecule has 0 fully saturated rings. The molecule has 1 aliphatic rings. The summed E-state index contributed by atoms with van der Waals surface area (Å²) in [4.78, 5) is 0. The fourth-order valence-electron chi connectivity index (χ4n) is 1.92. The molecule has 0 aliphatic carbocycles. The average Bonchev–Trinajstić information content (AvgIpc) is 2.57. The minimum Gasteiger partial charge on any atom is -0.364 e. The minimum atomic E-state index is -0.741. The standard InChI is InChI=1S/C12H10O2/c13-12-11-6-9-4-2-1-3-8(9)5-10(11)7-14-12/h1-6,12-13H,7H2. The van der Waals surface area contributed by atoms with Gasteiger partial charge in [-0.3, -0.25) is 0 Å². The van der Waals surface area contributed by atoms with E-state index >= 15 is 0 Å². The second-order valence-electron chi connectivity index (χ2n) is 3.56. The molecule has 1 unspecified atom stereocenters. The molecule has 1 N–H and O–H groups in total. The van der Waals surface area contributed by atoms with Gasteiger partial charge in [0.05, 0.1) is 6.61 Å². The normalized spacial score (nSPS) is 19.9. The topological polar surface area (TPSA) is 29.5 Å². The van der Waals surface area contributed by atoms with Crippen molar-refractivity contribution in [1.29, 1.82) is 0 Å². The molecule has 0 radical (unpaired) electrons. The number of hydrogen-bond donors (Lipinski definition) is 1. The van der Waals surface area contributed by atoms with Gasteiger partial charge in [-0.2, -0.15) is 0 Å². The van der Waals surface area contributed by atoms with E-state index in [1.807, 2.05) is 24.3 Å². The second kappa shape index (κ2) is 2.80. The van der Waals surface area contributed by atoms with Gasteiger partial charge in [0.25, 0.3) is 0 Å². The Balaban J connectivity index is 2.33. The number of rotatable bonds is 0. The molecule has 0 bridgehead atoms. The van der Waals surface area contributed by atoms with Crippen LogP contribution in [0.15, 0.2) is 36.4 Å². The maximum absolute atomic E-state index is 9.52. The van der Waals surface area contributed by atoms with E-state index in [0.717, 1.165) is 16.5 Å². The van der Waals surface area contributed by atoms with Crippen molar-refractivity contribution < 1.29 is 9.84 Å². The van der Waals surface area contributed by atoms with Crippen molar-refractivity contribution in [3.8, 4) is 0 Å². The summed E-state index contributed by atoms with van der Waals surface area (Å²) in [5.74, 6) is 0. The maximum atomic E-state index is 9.52. The smallest absolute Gasteiger partial charge is 0.181 e. The Labute approximate surface area is 81.7 Å². The van der Waals surface area contributed by atoms with Crippen LogP contribution in [0.2, 0.25) is 0 Å². The third kappa shape index (κ3) is 1.05. The van der Waals surface area contributed by atoms with E-state index in [-0.39, 0.29) is 0 Å². The summed E-state index contributed by atoms with van der Waals surface area (Å²) in [5, 5.41) is 11.9. The van der Waals surface area contributed by atoms with Gasteiger partial charge in [-0.05, 0) is 28.5 Å². The molecule has 14 heavy (non-hydrogen) atoms. The van der Waals surface area contributed by atoms with Gasteiger partial charge in [-0.15, -0.1) is 0 Å². The Kier molecular flexibility index (Phi) is 1.60. The Morgan fingerprint density at radius 2 is 1.86 bits per heavy atom. The van der Waals surface area contributed by atoms with E-state index in [4.69, 9.17) is 4.74 Å². The molecule has 1 heterocycles. The Morgan fingerprint density at radius 1 is 1.14 bits per heavy atom. The fourth-order valence-corrected chi connectivity index (χ4v) is 1.92. The Hall–Kier alpha value is -1.38. The second-order valence-corrected chi connectivity index (χ2v) is 3.56. The average molecular weight is 186 g/mol. The number of aliphatic hydroxyl groups is 1. The number of ether oxygens (including phenoxy) is 1. The molecule has 1 aliphatic heterocycles. The fraction of sp³-hybridized carbons (Fsp3) is 0.167. The van der Waals surface area contributed by atoms with Crippen molar-refractivity contribution in [2.24, 2.45) is 0 Å². The molecule has 0 saturated carbocycles. The Bertz CT molecular complexity index is 491. The first kappa shape index (κ1) is 7.97. The highest BCUT2D eigenvalue weighted by Crippen LogP contribution is 2.31. The summed E-state index contributed by atoms with van der Waals surface area (Å²) in [7, 11) is 0. The zero-order valence-corrected chi connectivity index (χ0v) is 7.60. The van der Waals surface area contributed by atoms with E-state index in [0.29, 0.717) is 6.61 Å². The van der Waals surface area contributed by atoms with Crippen molar-refractivity contribution in [3.05, 3.63) is 47.5 Å². The van der Waals surface area contributed by atoms with Gasteiger partial charge in [0.2, 0.25) is 0 Å². The first-order valence-corrected chi connectivity index (χ1v) is 4.66. The molecular formula is C12H10O2. The molecule has 0 spiro atoms. The number of hydrogen-bond acceptors (Lipinski definition) is 2. The van der Waals surface area contributed by atoms with Crippen molar-refractivity contribution in [3.63, 3.8) is 0 Å². The molecule has 2 aromatic rings. The van der Waals surface area contributed by atoms with Crippen molar-refractivity contribution in [2.75, 3.05) is 0 Å². The van der Waals surface area contributed by atoms with Gasteiger partial charge in [0.1, 0.15) is 0 Å². The van der Waals surface area contributed by atoms with Crippen molar-refractivity contribution in [2.45, 2.75) is 12.9 Å². The third-order valence-corrected chi connectivity index (χ3v) is 2.67. The zero-order valence-electron chi connectivity index (χ0n) is 7.60. The lowest BCUT2D eigenvalue weighted by Gasteiger charge is -2.04. The van der Waals surface area contributed by atoms with Crippen LogP contribution in [0.3, 0.4) is 0 Å². The van der Waals surface area contributed by atoms with E-state index in [9.17, 15) is 5.11 Å². The zero-order chi connectivity index (χ0) is 9.54. The van der Waals surface area contributed by atoms with E-state index in [1.54, 1.807) is 0 Å². The SMILES string of the molecule is OC1OCc2cc3ccccc3cc21. The van der Waals surface area contributed by atoms with Crippen LogP contribution in [-0.4, -0.2) is 5.11 Å². The number of benzene rings is 2. The summed E-state index contributed by atoms with van der Waals surface area (Å²) < 4.78 is 5.15. The molecular weight excluding hydrogens is 176 g/mol. The molecule has 3 rings (SSSR count). The van der Waals surface area contributed by atoms with Gasteiger partial charge in [-0.1, -0.05) is 24.3 Å². The summed E-state index contributed by atoms with van der Waals surface area (Å²) >= 11 is 0. The van der Waals surface area contributed by atoms with Crippen molar-refractivity contribution in [1.82, 2.24) is 0 Å². The summed E-state index contributed by atoms with van der Waals surface area (Å²) in [6, 6.07) is 12.2. The van der Waals surface area contributed by atoms with Crippen LogP contribution >= 0.6 is 0 Å². The highest BCUT2D eigenvalue weighted by Gasteiger charge is 2.20. The van der Waals surface area contributed by atoms with E-state index in [2.05, 4.69) is 12.1 Å². The molecule has 2 aromatic carbocycles. The highest BCUT2D eigenvalue weighted by molar-refractivity contribution is 5.84. The lowest BCUT2D eigenvalue weighted by Crippen LogP contribution is -1.91. The van der Waals surface area contributed by atoms with Crippen LogP contribution in [0.1, 0.15) is 17.4 Å². The molecule has 0 saturated heterocycles. The quantitative estimate of drug-likeness (QED) is 0.684. The largest absolute Gasteiger partial charge is 0.364 e. The van der Waals surface area contributed by atoms with Gasteiger partial charge in [0.15, 0.2) is 6.29 Å². The summed E-state index contributed by atoms with van der Waals surface area (Å²) in [5.41, 5.74) is 2.00. The van der Waals surface area contributed by atoms with Crippen LogP contribution in [0.4, 0.5) is 0 Å². The minimum absolute atomic E-state index is 0.515. The molecule has 2 heteroatoms. The van der Waals surface area contributed by atoms with Crippen LogP contribution in [-0.2, 0) is 11.3 Å². The maximum Gasteiger partial charge on any atom is 0.181 e. The van der Waals surface area contributed by atoms with Gasteiger partial charge in [0, 0.05) is 5.56 Å². The molecule has 0 amide bonds. The molecule has 1 atom stereocenters. The number of aliphatic hydroxyl groups excluding tert-OH is 1. The first-order valence-electron chi connectivity index (χ1n) is 4.66. The van der Waals surface area contributed by atoms with E-state index in [1.165, 1.54) is 5.39 Å². The predicted molar refractivity (Wildman–Crippen MR) is 53.7 cm³/mol. The Morgan fingerprint density at radius 3 is 2.64 bits per heavy atom. The van der Waals surface area contributed by atoms with Crippen molar-refractivity contribution >= 4 is 10.8 Å². The van der Waals surface area contributed by atoms with Crippen LogP contribution in [0.5, 0.6) is 0 Å². The van der Waals surface area contributed by atoms with Gasteiger partial charge < -0.3 is 9.84 Å². The number of fused-ring (bicyclic) bond motifs is 2. The predicted octanol–water partition coefficient (Wildman–Crippen LogP) is 2.36. The van der Waals surface area contributed by atoms with E-state index < -0.39 is 6.29 Å². The molecule has 70 valence electrons. The summed E-state index contributed by atoms with van der Waals surface area (Å²) in [6.45, 7) is 0.515. The lowest BCUT2D eigenvalue weighted by molar-refractivity contribution is -0.0918. The van der Waals surface area contributed by atoms with Crippen LogP contribution in [0, 0.1) is 0 Å². The van der Waals surface area contributed by atoms with Gasteiger partial charge in [-0.25, -0.2) is 0 Å². The summed E-state index contributed by atoms with van der Waals surface area (Å²) in [6.07, 6.45) is -0.741. The van der Waals surface area contributed by atoms with Gasteiger partial charge >= 0.3 is 0 Å².